The van der Waals surface area contributed by atoms with Gasteiger partial charge in [0, 0.05) is 12.6 Å². The summed E-state index contributed by atoms with van der Waals surface area (Å²) in [5.74, 6) is 0. The molecule has 3 heteroatoms. The van der Waals surface area contributed by atoms with Crippen LogP contribution < -0.4 is 11.1 Å². The lowest BCUT2D eigenvalue weighted by molar-refractivity contribution is 0.164. The van der Waals surface area contributed by atoms with E-state index >= 15 is 0 Å². The maximum absolute atomic E-state index is 9.18. The third kappa shape index (κ3) is 3.15. The van der Waals surface area contributed by atoms with Gasteiger partial charge in [-0.25, -0.2) is 0 Å². The second kappa shape index (κ2) is 3.91. The molecule has 3 nitrogen and oxygen atoms in total. The van der Waals surface area contributed by atoms with E-state index in [1.807, 2.05) is 0 Å². The molecule has 1 aliphatic carbocycles. The summed E-state index contributed by atoms with van der Waals surface area (Å²) in [7, 11) is 0. The average Bonchev–Trinajstić information content (AvgIpc) is 2.67. The first-order valence-electron chi connectivity index (χ1n) is 3.94. The van der Waals surface area contributed by atoms with Crippen molar-refractivity contribution in [1.82, 2.24) is 5.32 Å². The highest BCUT2D eigenvalue weighted by molar-refractivity contribution is 4.81. The van der Waals surface area contributed by atoms with Gasteiger partial charge in [-0.05, 0) is 25.8 Å². The molecule has 0 spiro atoms. The quantitative estimate of drug-likeness (QED) is 0.485. The van der Waals surface area contributed by atoms with Gasteiger partial charge in [-0.3, -0.25) is 0 Å². The standard InChI is InChI=1S/C7H16N2O/c8-4-3-7(10)5-9-6-1-2-6/h6-7,9-10H,1-5,8H2. The third-order valence-corrected chi connectivity index (χ3v) is 1.72. The zero-order valence-corrected chi connectivity index (χ0v) is 6.21. The molecule has 0 aliphatic heterocycles. The van der Waals surface area contributed by atoms with Crippen LogP contribution in [0.15, 0.2) is 0 Å². The van der Waals surface area contributed by atoms with Gasteiger partial charge in [-0.15, -0.1) is 0 Å². The fraction of sp³-hybridized carbons (Fsp3) is 1.00. The Kier molecular flexibility index (Phi) is 3.12. The fourth-order valence-electron chi connectivity index (χ4n) is 0.885. The zero-order chi connectivity index (χ0) is 7.40. The predicted molar refractivity (Wildman–Crippen MR) is 40.7 cm³/mol. The molecule has 1 rings (SSSR count). The van der Waals surface area contributed by atoms with Gasteiger partial charge < -0.3 is 16.2 Å². The van der Waals surface area contributed by atoms with Gasteiger partial charge in [-0.2, -0.15) is 0 Å². The minimum absolute atomic E-state index is 0.245. The van der Waals surface area contributed by atoms with E-state index < -0.39 is 0 Å². The van der Waals surface area contributed by atoms with Crippen molar-refractivity contribution in [3.8, 4) is 0 Å². The second-order valence-electron chi connectivity index (χ2n) is 2.91. The van der Waals surface area contributed by atoms with E-state index in [4.69, 9.17) is 5.73 Å². The molecule has 1 unspecified atom stereocenters. The van der Waals surface area contributed by atoms with Crippen LogP contribution in [0.25, 0.3) is 0 Å². The molecule has 10 heavy (non-hydrogen) atoms. The van der Waals surface area contributed by atoms with Gasteiger partial charge in [0.2, 0.25) is 0 Å². The van der Waals surface area contributed by atoms with Crippen molar-refractivity contribution >= 4 is 0 Å². The molecule has 1 saturated carbocycles. The van der Waals surface area contributed by atoms with Gasteiger partial charge >= 0.3 is 0 Å². The Morgan fingerprint density at radius 2 is 2.30 bits per heavy atom. The van der Waals surface area contributed by atoms with Crippen LogP contribution in [0.1, 0.15) is 19.3 Å². The minimum atomic E-state index is -0.245. The second-order valence-corrected chi connectivity index (χ2v) is 2.91. The van der Waals surface area contributed by atoms with Crippen LogP contribution in [0, 0.1) is 0 Å². The fourth-order valence-corrected chi connectivity index (χ4v) is 0.885. The summed E-state index contributed by atoms with van der Waals surface area (Å²) in [5.41, 5.74) is 5.26. The van der Waals surface area contributed by atoms with E-state index in [9.17, 15) is 5.11 Å². The van der Waals surface area contributed by atoms with Crippen LogP contribution in [0.3, 0.4) is 0 Å². The Balaban J connectivity index is 1.89. The van der Waals surface area contributed by atoms with Gasteiger partial charge in [0.15, 0.2) is 0 Å². The molecular formula is C7H16N2O. The Labute approximate surface area is 61.6 Å². The van der Waals surface area contributed by atoms with Crippen LogP contribution in [-0.4, -0.2) is 30.3 Å². The molecule has 4 N–H and O–H groups in total. The molecular weight excluding hydrogens is 128 g/mol. The van der Waals surface area contributed by atoms with E-state index in [1.165, 1.54) is 12.8 Å². The SMILES string of the molecule is NCCC(O)CNC1CC1. The van der Waals surface area contributed by atoms with Crippen LogP contribution in [0.5, 0.6) is 0 Å². The number of hydrogen-bond acceptors (Lipinski definition) is 3. The summed E-state index contributed by atoms with van der Waals surface area (Å²) in [6.07, 6.45) is 3.01. The summed E-state index contributed by atoms with van der Waals surface area (Å²) >= 11 is 0. The van der Waals surface area contributed by atoms with Crippen molar-refractivity contribution in [2.75, 3.05) is 13.1 Å². The van der Waals surface area contributed by atoms with Crippen molar-refractivity contribution in [2.45, 2.75) is 31.4 Å². The van der Waals surface area contributed by atoms with Crippen LogP contribution in [-0.2, 0) is 0 Å². The van der Waals surface area contributed by atoms with Crippen molar-refractivity contribution in [3.63, 3.8) is 0 Å². The van der Waals surface area contributed by atoms with E-state index in [2.05, 4.69) is 5.32 Å². The number of hydrogen-bond donors (Lipinski definition) is 3. The largest absolute Gasteiger partial charge is 0.392 e. The highest BCUT2D eigenvalue weighted by Crippen LogP contribution is 2.18. The number of aliphatic hydroxyl groups is 1. The third-order valence-electron chi connectivity index (χ3n) is 1.72. The normalized spacial score (nSPS) is 21.0. The molecule has 0 saturated heterocycles. The molecule has 1 aliphatic rings. The lowest BCUT2D eigenvalue weighted by Crippen LogP contribution is -2.29. The maximum Gasteiger partial charge on any atom is 0.0676 e. The first-order valence-corrected chi connectivity index (χ1v) is 3.94. The Bertz CT molecular complexity index is 93.6. The molecule has 0 heterocycles. The van der Waals surface area contributed by atoms with Gasteiger partial charge in [-0.1, -0.05) is 0 Å². The zero-order valence-electron chi connectivity index (χ0n) is 6.21. The molecule has 60 valence electrons. The summed E-state index contributed by atoms with van der Waals surface area (Å²) in [6.45, 7) is 1.29. The number of rotatable bonds is 5. The molecule has 0 radical (unpaired) electrons. The summed E-state index contributed by atoms with van der Waals surface area (Å²) < 4.78 is 0. The first kappa shape index (κ1) is 7.98. The highest BCUT2D eigenvalue weighted by Gasteiger charge is 2.20. The van der Waals surface area contributed by atoms with E-state index in [0.29, 0.717) is 25.6 Å². The average molecular weight is 144 g/mol. The summed E-state index contributed by atoms with van der Waals surface area (Å²) in [5, 5.41) is 12.4. The van der Waals surface area contributed by atoms with Crippen molar-refractivity contribution in [1.29, 1.82) is 0 Å². The smallest absolute Gasteiger partial charge is 0.0676 e. The lowest BCUT2D eigenvalue weighted by Gasteiger charge is -2.08. The monoisotopic (exact) mass is 144 g/mol. The summed E-state index contributed by atoms with van der Waals surface area (Å²) in [6, 6.07) is 0.687. The van der Waals surface area contributed by atoms with Gasteiger partial charge in [0.25, 0.3) is 0 Å². The van der Waals surface area contributed by atoms with Crippen LogP contribution in [0.4, 0.5) is 0 Å². The minimum Gasteiger partial charge on any atom is -0.392 e. The van der Waals surface area contributed by atoms with Crippen LogP contribution >= 0.6 is 0 Å². The number of nitrogens with one attached hydrogen (secondary N) is 1. The van der Waals surface area contributed by atoms with Crippen LogP contribution in [0.2, 0.25) is 0 Å². The highest BCUT2D eigenvalue weighted by atomic mass is 16.3. The molecule has 0 amide bonds. The topological polar surface area (TPSA) is 58.3 Å². The van der Waals surface area contributed by atoms with Crippen molar-refractivity contribution < 1.29 is 5.11 Å². The van der Waals surface area contributed by atoms with Gasteiger partial charge in [0.05, 0.1) is 6.10 Å². The lowest BCUT2D eigenvalue weighted by atomic mass is 10.2. The molecule has 0 aromatic rings. The first-order chi connectivity index (χ1) is 4.83. The molecule has 0 aromatic heterocycles. The summed E-state index contributed by atoms with van der Waals surface area (Å²) in [4.78, 5) is 0. The van der Waals surface area contributed by atoms with Crippen molar-refractivity contribution in [3.05, 3.63) is 0 Å². The molecule has 0 bridgehead atoms. The Morgan fingerprint density at radius 1 is 1.60 bits per heavy atom. The number of nitrogens with two attached hydrogens (primary N) is 1. The maximum atomic E-state index is 9.18. The molecule has 0 aromatic carbocycles. The molecule has 1 fully saturated rings. The van der Waals surface area contributed by atoms with E-state index in [1.54, 1.807) is 0 Å². The van der Waals surface area contributed by atoms with E-state index in [0.717, 1.165) is 0 Å². The van der Waals surface area contributed by atoms with Gasteiger partial charge in [0.1, 0.15) is 0 Å². The molecule has 1 atom stereocenters. The Morgan fingerprint density at radius 3 is 2.80 bits per heavy atom. The Hall–Kier alpha value is -0.120. The predicted octanol–water partition coefficient (Wildman–Crippen LogP) is -0.552. The van der Waals surface area contributed by atoms with Crippen molar-refractivity contribution in [2.24, 2.45) is 5.73 Å². The number of aliphatic hydroxyl groups excluding tert-OH is 1. The van der Waals surface area contributed by atoms with E-state index in [-0.39, 0.29) is 6.10 Å².